The molecule has 1 aromatic heterocycles. The van der Waals surface area contributed by atoms with Gasteiger partial charge in [-0.25, -0.2) is 4.79 Å². The van der Waals surface area contributed by atoms with Crippen molar-refractivity contribution in [1.29, 1.82) is 0 Å². The van der Waals surface area contributed by atoms with E-state index < -0.39 is 35.8 Å². The number of aliphatic hydroxyl groups excluding tert-OH is 1. The summed E-state index contributed by atoms with van der Waals surface area (Å²) in [6.45, 7) is 0.0790. The van der Waals surface area contributed by atoms with Crippen LogP contribution in [0.2, 0.25) is 0 Å². The molecule has 0 radical (unpaired) electrons. The maximum Gasteiger partial charge on any atom is 0.330 e. The number of methoxy groups -OCH3 is 1. The number of aromatic nitrogens is 2. The highest BCUT2D eigenvalue weighted by molar-refractivity contribution is 4.94. The molecule has 0 spiro atoms. The number of aliphatic hydroxyl groups is 1. The average Bonchev–Trinajstić information content (AvgIpc) is 2.81. The SMILES string of the molecule is C#CCOCOC1C(COC)OC(n2ccc(=O)[nH]c2=O)C1O. The fourth-order valence-electron chi connectivity index (χ4n) is 2.31. The van der Waals surface area contributed by atoms with E-state index in [0.29, 0.717) is 0 Å². The third kappa shape index (κ3) is 4.07. The summed E-state index contributed by atoms with van der Waals surface area (Å²) in [5.74, 6) is 2.29. The smallest absolute Gasteiger partial charge is 0.330 e. The highest BCUT2D eigenvalue weighted by atomic mass is 16.7. The van der Waals surface area contributed by atoms with Crippen LogP contribution >= 0.6 is 0 Å². The summed E-state index contributed by atoms with van der Waals surface area (Å²) >= 11 is 0. The lowest BCUT2D eigenvalue weighted by atomic mass is 10.1. The maximum absolute atomic E-state index is 11.8. The van der Waals surface area contributed by atoms with Crippen molar-refractivity contribution in [3.05, 3.63) is 33.1 Å². The second-order valence-corrected chi connectivity index (χ2v) is 4.83. The Morgan fingerprint density at radius 3 is 2.96 bits per heavy atom. The molecule has 0 amide bonds. The Morgan fingerprint density at radius 1 is 1.52 bits per heavy atom. The molecule has 126 valence electrons. The van der Waals surface area contributed by atoms with Gasteiger partial charge < -0.3 is 24.1 Å². The van der Waals surface area contributed by atoms with E-state index in [2.05, 4.69) is 10.9 Å². The summed E-state index contributed by atoms with van der Waals surface area (Å²) in [6, 6.07) is 1.16. The van der Waals surface area contributed by atoms with E-state index in [9.17, 15) is 14.7 Å². The van der Waals surface area contributed by atoms with Crippen LogP contribution in [-0.4, -0.2) is 60.1 Å². The monoisotopic (exact) mass is 326 g/mol. The Kier molecular flexibility index (Phi) is 6.09. The third-order valence-corrected chi connectivity index (χ3v) is 3.29. The molecule has 2 rings (SSSR count). The lowest BCUT2D eigenvalue weighted by Crippen LogP contribution is -2.39. The van der Waals surface area contributed by atoms with E-state index in [1.54, 1.807) is 0 Å². The molecule has 0 bridgehead atoms. The van der Waals surface area contributed by atoms with Crippen LogP contribution in [0.15, 0.2) is 21.9 Å². The first-order chi connectivity index (χ1) is 11.1. The predicted molar refractivity (Wildman–Crippen MR) is 77.6 cm³/mol. The maximum atomic E-state index is 11.8. The van der Waals surface area contributed by atoms with Gasteiger partial charge >= 0.3 is 5.69 Å². The molecule has 0 aliphatic carbocycles. The second kappa shape index (κ2) is 8.05. The van der Waals surface area contributed by atoms with Gasteiger partial charge in [-0.2, -0.15) is 0 Å². The van der Waals surface area contributed by atoms with Gasteiger partial charge in [-0.3, -0.25) is 14.3 Å². The molecule has 2 heterocycles. The number of rotatable bonds is 7. The van der Waals surface area contributed by atoms with Crippen molar-refractivity contribution in [3.63, 3.8) is 0 Å². The van der Waals surface area contributed by atoms with Gasteiger partial charge in [-0.15, -0.1) is 6.42 Å². The molecule has 23 heavy (non-hydrogen) atoms. The van der Waals surface area contributed by atoms with Crippen LogP contribution in [0, 0.1) is 12.3 Å². The van der Waals surface area contributed by atoms with Gasteiger partial charge in [0.15, 0.2) is 6.23 Å². The van der Waals surface area contributed by atoms with Crippen molar-refractivity contribution in [1.82, 2.24) is 9.55 Å². The largest absolute Gasteiger partial charge is 0.386 e. The van der Waals surface area contributed by atoms with Crippen LogP contribution in [0.5, 0.6) is 0 Å². The molecule has 0 aromatic carbocycles. The van der Waals surface area contributed by atoms with Crippen LogP contribution < -0.4 is 11.2 Å². The normalized spacial score (nSPS) is 27.0. The molecule has 1 saturated heterocycles. The highest BCUT2D eigenvalue weighted by Gasteiger charge is 2.45. The summed E-state index contributed by atoms with van der Waals surface area (Å²) in [6.07, 6.45) is 2.73. The topological polar surface area (TPSA) is 112 Å². The van der Waals surface area contributed by atoms with Crippen LogP contribution in [0.25, 0.3) is 0 Å². The zero-order valence-electron chi connectivity index (χ0n) is 12.5. The third-order valence-electron chi connectivity index (χ3n) is 3.29. The summed E-state index contributed by atoms with van der Waals surface area (Å²) in [5.41, 5.74) is -1.23. The van der Waals surface area contributed by atoms with Gasteiger partial charge in [-0.1, -0.05) is 5.92 Å². The molecule has 0 saturated carbocycles. The fraction of sp³-hybridized carbons (Fsp3) is 0.571. The van der Waals surface area contributed by atoms with Crippen LogP contribution in [0.1, 0.15) is 6.23 Å². The van der Waals surface area contributed by atoms with E-state index in [1.807, 2.05) is 0 Å². The lowest BCUT2D eigenvalue weighted by molar-refractivity contribution is -0.127. The average molecular weight is 326 g/mol. The quantitative estimate of drug-likeness (QED) is 0.354. The molecule has 1 fully saturated rings. The van der Waals surface area contributed by atoms with Gasteiger partial charge in [0.05, 0.1) is 6.61 Å². The number of ether oxygens (including phenoxy) is 4. The minimum atomic E-state index is -1.16. The molecule has 9 nitrogen and oxygen atoms in total. The fourth-order valence-corrected chi connectivity index (χ4v) is 2.31. The van der Waals surface area contributed by atoms with Gasteiger partial charge in [0.25, 0.3) is 5.56 Å². The number of terminal acetylenes is 1. The van der Waals surface area contributed by atoms with Crippen molar-refractivity contribution in [2.75, 3.05) is 27.1 Å². The van der Waals surface area contributed by atoms with Gasteiger partial charge in [0, 0.05) is 19.4 Å². The Morgan fingerprint density at radius 2 is 2.30 bits per heavy atom. The molecule has 9 heteroatoms. The van der Waals surface area contributed by atoms with E-state index >= 15 is 0 Å². The lowest BCUT2D eigenvalue weighted by Gasteiger charge is -2.20. The van der Waals surface area contributed by atoms with Crippen LogP contribution in [-0.2, 0) is 18.9 Å². The van der Waals surface area contributed by atoms with Crippen LogP contribution in [0.3, 0.4) is 0 Å². The van der Waals surface area contributed by atoms with Crippen molar-refractivity contribution in [2.24, 2.45) is 0 Å². The van der Waals surface area contributed by atoms with Crippen molar-refractivity contribution >= 4 is 0 Å². The number of nitrogens with zero attached hydrogens (tertiary/aromatic N) is 1. The predicted octanol–water partition coefficient (Wildman–Crippen LogP) is -1.57. The Labute approximate surface area is 131 Å². The van der Waals surface area contributed by atoms with E-state index in [4.69, 9.17) is 25.4 Å². The molecule has 1 aliphatic rings. The number of aromatic amines is 1. The molecule has 2 N–H and O–H groups in total. The van der Waals surface area contributed by atoms with Crippen molar-refractivity contribution in [3.8, 4) is 12.3 Å². The first-order valence-electron chi connectivity index (χ1n) is 6.85. The Hall–Kier alpha value is -1.96. The van der Waals surface area contributed by atoms with E-state index in [0.717, 1.165) is 10.6 Å². The number of H-pyrrole nitrogens is 1. The second-order valence-electron chi connectivity index (χ2n) is 4.83. The zero-order chi connectivity index (χ0) is 16.8. The first-order valence-corrected chi connectivity index (χ1v) is 6.85. The van der Waals surface area contributed by atoms with Gasteiger partial charge in [0.1, 0.15) is 31.7 Å². The van der Waals surface area contributed by atoms with Gasteiger partial charge in [0.2, 0.25) is 0 Å². The molecule has 4 atom stereocenters. The minimum absolute atomic E-state index is 0.0709. The Balaban J connectivity index is 2.15. The summed E-state index contributed by atoms with van der Waals surface area (Å²) in [7, 11) is 1.47. The number of hydrogen-bond donors (Lipinski definition) is 2. The van der Waals surface area contributed by atoms with Crippen molar-refractivity contribution in [2.45, 2.75) is 24.5 Å². The number of nitrogens with one attached hydrogen (secondary N) is 1. The summed E-state index contributed by atoms with van der Waals surface area (Å²) in [5, 5.41) is 10.4. The van der Waals surface area contributed by atoms with E-state index in [-0.39, 0.29) is 20.0 Å². The van der Waals surface area contributed by atoms with Gasteiger partial charge in [-0.05, 0) is 0 Å². The zero-order valence-corrected chi connectivity index (χ0v) is 12.5. The molecule has 4 unspecified atom stereocenters. The van der Waals surface area contributed by atoms with E-state index in [1.165, 1.54) is 13.3 Å². The van der Waals surface area contributed by atoms with Crippen molar-refractivity contribution < 1.29 is 24.1 Å². The highest BCUT2D eigenvalue weighted by Crippen LogP contribution is 2.30. The molecule has 1 aliphatic heterocycles. The summed E-state index contributed by atoms with van der Waals surface area (Å²) < 4.78 is 22.2. The standard InChI is InChI=1S/C14H18N2O7/c1-3-6-21-8-22-12-9(7-20-2)23-13(11(12)18)16-5-4-10(17)15-14(16)19/h1,4-5,9,11-13,18H,6-8H2,2H3,(H,15,17,19). The molecule has 1 aromatic rings. The Bertz CT molecular complexity index is 662. The summed E-state index contributed by atoms with van der Waals surface area (Å²) in [4.78, 5) is 25.1. The molecular weight excluding hydrogens is 308 g/mol. The minimum Gasteiger partial charge on any atom is -0.386 e. The molecular formula is C14H18N2O7. The first kappa shape index (κ1) is 17.4. The van der Waals surface area contributed by atoms with Crippen LogP contribution in [0.4, 0.5) is 0 Å². The number of hydrogen-bond acceptors (Lipinski definition) is 7.